The zero-order valence-corrected chi connectivity index (χ0v) is 12.7. The van der Waals surface area contributed by atoms with Crippen molar-refractivity contribution in [1.29, 1.82) is 0 Å². The number of imidazole rings is 1. The maximum Gasteiger partial charge on any atom is 0.324 e. The molecule has 2 N–H and O–H groups in total. The van der Waals surface area contributed by atoms with Gasteiger partial charge in [-0.05, 0) is 41.5 Å². The van der Waals surface area contributed by atoms with Gasteiger partial charge in [0.1, 0.15) is 11.6 Å². The summed E-state index contributed by atoms with van der Waals surface area (Å²) < 4.78 is 5.46. The molecular weight excluding hydrogens is 242 g/mol. The van der Waals surface area contributed by atoms with E-state index in [0.717, 1.165) is 5.69 Å². The van der Waals surface area contributed by atoms with Crippen molar-refractivity contribution < 1.29 is 9.53 Å². The van der Waals surface area contributed by atoms with Gasteiger partial charge in [0.2, 0.25) is 0 Å². The minimum atomic E-state index is -0.483. The molecule has 1 aromatic rings. The van der Waals surface area contributed by atoms with Gasteiger partial charge in [-0.3, -0.25) is 10.1 Å². The summed E-state index contributed by atoms with van der Waals surface area (Å²) in [6, 6.07) is -0.389. The van der Waals surface area contributed by atoms with Crippen LogP contribution in [0.1, 0.15) is 47.2 Å². The summed E-state index contributed by atoms with van der Waals surface area (Å²) >= 11 is 0. The van der Waals surface area contributed by atoms with Crippen LogP contribution in [0, 0.1) is 0 Å². The van der Waals surface area contributed by atoms with Crippen LogP contribution in [-0.2, 0) is 16.0 Å². The molecule has 5 nitrogen and oxygen atoms in total. The first-order valence-corrected chi connectivity index (χ1v) is 6.55. The van der Waals surface area contributed by atoms with E-state index in [-0.39, 0.29) is 17.6 Å². The first-order valence-electron chi connectivity index (χ1n) is 6.55. The predicted molar refractivity (Wildman–Crippen MR) is 74.8 cm³/mol. The largest absolute Gasteiger partial charge is 0.459 e. The van der Waals surface area contributed by atoms with Crippen molar-refractivity contribution in [2.24, 2.45) is 0 Å². The van der Waals surface area contributed by atoms with E-state index < -0.39 is 5.60 Å². The first kappa shape index (κ1) is 15.7. The van der Waals surface area contributed by atoms with Gasteiger partial charge in [0, 0.05) is 23.9 Å². The van der Waals surface area contributed by atoms with E-state index in [1.807, 2.05) is 41.5 Å². The summed E-state index contributed by atoms with van der Waals surface area (Å²) in [5.74, 6) is -0.239. The van der Waals surface area contributed by atoms with E-state index in [0.29, 0.717) is 6.42 Å². The average Bonchev–Trinajstić information content (AvgIpc) is 2.64. The van der Waals surface area contributed by atoms with Crippen molar-refractivity contribution in [3.05, 3.63) is 18.2 Å². The minimum absolute atomic E-state index is 0.165. The lowest BCUT2D eigenvalue weighted by atomic mass is 10.0. The van der Waals surface area contributed by atoms with Gasteiger partial charge < -0.3 is 9.72 Å². The zero-order chi connectivity index (χ0) is 14.7. The van der Waals surface area contributed by atoms with Gasteiger partial charge in [0.25, 0.3) is 0 Å². The number of carbonyl (C=O) groups excluding carboxylic acids is 1. The lowest BCUT2D eigenvalue weighted by Gasteiger charge is -2.29. The van der Waals surface area contributed by atoms with Crippen LogP contribution in [0.15, 0.2) is 12.5 Å². The Morgan fingerprint density at radius 1 is 1.37 bits per heavy atom. The number of aromatic amines is 1. The fourth-order valence-electron chi connectivity index (χ4n) is 1.71. The van der Waals surface area contributed by atoms with Crippen LogP contribution in [0.5, 0.6) is 0 Å². The van der Waals surface area contributed by atoms with Crippen LogP contribution in [-0.4, -0.2) is 33.1 Å². The Morgan fingerprint density at radius 2 is 2.00 bits per heavy atom. The van der Waals surface area contributed by atoms with E-state index >= 15 is 0 Å². The molecule has 108 valence electrons. The number of ether oxygens (including phenoxy) is 1. The highest BCUT2D eigenvalue weighted by Crippen LogP contribution is 2.12. The monoisotopic (exact) mass is 267 g/mol. The van der Waals surface area contributed by atoms with Crippen LogP contribution in [0.4, 0.5) is 0 Å². The molecule has 0 fully saturated rings. The lowest BCUT2D eigenvalue weighted by Crippen LogP contribution is -2.50. The Labute approximate surface area is 115 Å². The molecule has 0 spiro atoms. The van der Waals surface area contributed by atoms with Gasteiger partial charge in [-0.15, -0.1) is 0 Å². The second-order valence-corrected chi connectivity index (χ2v) is 6.76. The van der Waals surface area contributed by atoms with Crippen LogP contribution in [0.3, 0.4) is 0 Å². The fourth-order valence-corrected chi connectivity index (χ4v) is 1.71. The quantitative estimate of drug-likeness (QED) is 0.819. The molecule has 0 amide bonds. The Kier molecular flexibility index (Phi) is 4.74. The van der Waals surface area contributed by atoms with Gasteiger partial charge in [-0.25, -0.2) is 4.98 Å². The van der Waals surface area contributed by atoms with Crippen molar-refractivity contribution >= 4 is 5.97 Å². The molecule has 0 radical (unpaired) electrons. The Bertz CT molecular complexity index is 399. The number of hydrogen-bond acceptors (Lipinski definition) is 4. The number of nitrogens with zero attached hydrogens (tertiary/aromatic N) is 1. The Balaban J connectivity index is 2.77. The fraction of sp³-hybridized carbons (Fsp3) is 0.714. The molecular formula is C14H25N3O2. The molecule has 0 unspecified atom stereocenters. The average molecular weight is 267 g/mol. The Hall–Kier alpha value is -1.36. The third-order valence-electron chi connectivity index (χ3n) is 2.28. The topological polar surface area (TPSA) is 67.0 Å². The van der Waals surface area contributed by atoms with E-state index in [1.54, 1.807) is 12.5 Å². The number of H-pyrrole nitrogens is 1. The second-order valence-electron chi connectivity index (χ2n) is 6.76. The van der Waals surface area contributed by atoms with Gasteiger partial charge in [-0.1, -0.05) is 0 Å². The molecule has 1 heterocycles. The molecule has 0 aromatic carbocycles. The number of rotatable bonds is 4. The van der Waals surface area contributed by atoms with Crippen molar-refractivity contribution in [2.75, 3.05) is 0 Å². The summed E-state index contributed by atoms with van der Waals surface area (Å²) in [4.78, 5) is 19.2. The molecule has 0 aliphatic carbocycles. The van der Waals surface area contributed by atoms with Crippen LogP contribution in [0.2, 0.25) is 0 Å². The van der Waals surface area contributed by atoms with Crippen molar-refractivity contribution in [1.82, 2.24) is 15.3 Å². The molecule has 5 heteroatoms. The summed E-state index contributed by atoms with van der Waals surface area (Å²) in [6.07, 6.45) is 3.87. The third kappa shape index (κ3) is 6.38. The van der Waals surface area contributed by atoms with E-state index in [9.17, 15) is 4.79 Å². The van der Waals surface area contributed by atoms with Crippen molar-refractivity contribution in [3.63, 3.8) is 0 Å². The van der Waals surface area contributed by atoms with Crippen LogP contribution >= 0.6 is 0 Å². The first-order chi connectivity index (χ1) is 8.57. The molecule has 0 bridgehead atoms. The Morgan fingerprint density at radius 3 is 2.42 bits per heavy atom. The second kappa shape index (κ2) is 5.74. The number of hydrogen-bond donors (Lipinski definition) is 2. The SMILES string of the molecule is CC(C)(C)N[C@@H](Cc1cnc[nH]1)C(=O)OC(C)(C)C. The molecule has 0 saturated heterocycles. The van der Waals surface area contributed by atoms with Crippen molar-refractivity contribution in [2.45, 2.75) is 65.1 Å². The maximum absolute atomic E-state index is 12.2. The smallest absolute Gasteiger partial charge is 0.324 e. The summed E-state index contributed by atoms with van der Waals surface area (Å²) in [5, 5.41) is 3.29. The van der Waals surface area contributed by atoms with E-state index in [1.165, 1.54) is 0 Å². The summed E-state index contributed by atoms with van der Waals surface area (Å²) in [6.45, 7) is 11.7. The van der Waals surface area contributed by atoms with Gasteiger partial charge >= 0.3 is 5.97 Å². The molecule has 0 aliphatic heterocycles. The minimum Gasteiger partial charge on any atom is -0.459 e. The molecule has 1 atom stereocenters. The number of aromatic nitrogens is 2. The van der Waals surface area contributed by atoms with Gasteiger partial charge in [0.15, 0.2) is 0 Å². The number of nitrogens with one attached hydrogen (secondary N) is 2. The lowest BCUT2D eigenvalue weighted by molar-refractivity contribution is -0.158. The summed E-state index contributed by atoms with van der Waals surface area (Å²) in [7, 11) is 0. The molecule has 1 aromatic heterocycles. The molecule has 19 heavy (non-hydrogen) atoms. The van der Waals surface area contributed by atoms with Crippen LogP contribution < -0.4 is 5.32 Å². The highest BCUT2D eigenvalue weighted by atomic mass is 16.6. The van der Waals surface area contributed by atoms with Crippen LogP contribution in [0.25, 0.3) is 0 Å². The molecule has 1 rings (SSSR count). The third-order valence-corrected chi connectivity index (χ3v) is 2.28. The highest BCUT2D eigenvalue weighted by molar-refractivity contribution is 5.76. The molecule has 0 saturated carbocycles. The van der Waals surface area contributed by atoms with E-state index in [2.05, 4.69) is 15.3 Å². The normalized spacial score (nSPS) is 14.2. The highest BCUT2D eigenvalue weighted by Gasteiger charge is 2.28. The standard InChI is InChI=1S/C14H25N3O2/c1-13(2,3)17-11(7-10-8-15-9-16-10)12(18)19-14(4,5)6/h8-9,11,17H,7H2,1-6H3,(H,15,16)/t11-/m0/s1. The number of carbonyl (C=O) groups is 1. The predicted octanol–water partition coefficient (Wildman–Crippen LogP) is 2.05. The summed E-state index contributed by atoms with van der Waals surface area (Å²) in [5.41, 5.74) is 0.261. The maximum atomic E-state index is 12.2. The van der Waals surface area contributed by atoms with Gasteiger partial charge in [0.05, 0.1) is 6.33 Å². The number of esters is 1. The van der Waals surface area contributed by atoms with E-state index in [4.69, 9.17) is 4.74 Å². The zero-order valence-electron chi connectivity index (χ0n) is 12.7. The molecule has 0 aliphatic rings. The van der Waals surface area contributed by atoms with Gasteiger partial charge in [-0.2, -0.15) is 0 Å². The van der Waals surface area contributed by atoms with Crippen molar-refractivity contribution in [3.8, 4) is 0 Å².